The second-order valence-corrected chi connectivity index (χ2v) is 8.84. The average molecular weight is 450 g/mol. The van der Waals surface area contributed by atoms with Crippen LogP contribution in [0.5, 0.6) is 0 Å². The molecule has 0 N–H and O–H groups in total. The summed E-state index contributed by atoms with van der Waals surface area (Å²) in [6.07, 6.45) is 0.728. The first-order valence-electron chi connectivity index (χ1n) is 10.2. The first kappa shape index (κ1) is 21.3. The molecule has 0 saturated heterocycles. The van der Waals surface area contributed by atoms with E-state index in [1.165, 1.54) is 23.1 Å². The normalized spacial score (nSPS) is 11.0. The van der Waals surface area contributed by atoms with Crippen molar-refractivity contribution in [3.63, 3.8) is 0 Å². The van der Waals surface area contributed by atoms with E-state index in [0.717, 1.165) is 17.7 Å². The molecule has 0 saturated carbocycles. The molecule has 0 aliphatic heterocycles. The van der Waals surface area contributed by atoms with Crippen molar-refractivity contribution in [2.24, 2.45) is 0 Å². The number of rotatable bonds is 8. The van der Waals surface area contributed by atoms with Crippen molar-refractivity contribution < 1.29 is 4.79 Å². The lowest BCUT2D eigenvalue weighted by atomic mass is 10.1. The van der Waals surface area contributed by atoms with E-state index in [1.54, 1.807) is 9.47 Å². The van der Waals surface area contributed by atoms with Gasteiger partial charge in [0.1, 0.15) is 4.70 Å². The molecule has 7 heteroatoms. The molecule has 4 rings (SSSR count). The smallest absolute Gasteiger partial charge is 0.272 e. The quantitative estimate of drug-likeness (QED) is 0.285. The number of amides is 1. The fourth-order valence-corrected chi connectivity index (χ4v) is 5.11. The molecule has 2 heterocycles. The second kappa shape index (κ2) is 9.94. The Morgan fingerprint density at radius 1 is 1.06 bits per heavy atom. The van der Waals surface area contributed by atoms with Gasteiger partial charge in [-0.1, -0.05) is 60.3 Å². The first-order chi connectivity index (χ1) is 15.2. The average Bonchev–Trinajstić information content (AvgIpc) is 3.28. The Balaban J connectivity index is 1.57. The Morgan fingerprint density at radius 2 is 1.77 bits per heavy atom. The van der Waals surface area contributed by atoms with Crippen LogP contribution in [0.2, 0.25) is 0 Å². The highest BCUT2D eigenvalue weighted by atomic mass is 32.2. The number of hydrogen-bond acceptors (Lipinski definition) is 5. The molecular weight excluding hydrogens is 426 g/mol. The van der Waals surface area contributed by atoms with E-state index < -0.39 is 0 Å². The monoisotopic (exact) mass is 449 g/mol. The van der Waals surface area contributed by atoms with Crippen molar-refractivity contribution in [1.29, 1.82) is 0 Å². The van der Waals surface area contributed by atoms with Crippen molar-refractivity contribution in [1.82, 2.24) is 9.55 Å². The first-order valence-corrected chi connectivity index (χ1v) is 12.0. The Hall–Kier alpha value is -2.90. The van der Waals surface area contributed by atoms with Crippen molar-refractivity contribution in [3.8, 4) is 0 Å². The van der Waals surface area contributed by atoms with Gasteiger partial charge in [0.05, 0.1) is 11.3 Å². The second-order valence-electron chi connectivity index (χ2n) is 6.98. The number of benzene rings is 2. The van der Waals surface area contributed by atoms with Crippen LogP contribution < -0.4 is 10.5 Å². The van der Waals surface area contributed by atoms with Crippen LogP contribution in [0.25, 0.3) is 10.2 Å². The van der Waals surface area contributed by atoms with Crippen LogP contribution in [-0.4, -0.2) is 27.8 Å². The van der Waals surface area contributed by atoms with Gasteiger partial charge in [0.2, 0.25) is 5.91 Å². The molecule has 4 aromatic rings. The minimum atomic E-state index is -0.0405. The molecule has 158 valence electrons. The fraction of sp³-hybridized carbons (Fsp3) is 0.208. The molecule has 0 fully saturated rings. The molecule has 31 heavy (non-hydrogen) atoms. The maximum atomic E-state index is 13.1. The minimum absolute atomic E-state index is 0.00651. The summed E-state index contributed by atoms with van der Waals surface area (Å²) in [6, 6.07) is 21.6. The van der Waals surface area contributed by atoms with E-state index in [4.69, 9.17) is 4.98 Å². The summed E-state index contributed by atoms with van der Waals surface area (Å²) >= 11 is 2.73. The van der Waals surface area contributed by atoms with Gasteiger partial charge >= 0.3 is 0 Å². The zero-order valence-corrected chi connectivity index (χ0v) is 18.9. The summed E-state index contributed by atoms with van der Waals surface area (Å²) in [4.78, 5) is 32.5. The number of thiophene rings is 1. The van der Waals surface area contributed by atoms with E-state index in [-0.39, 0.29) is 17.2 Å². The van der Waals surface area contributed by atoms with Gasteiger partial charge in [-0.15, -0.1) is 11.3 Å². The van der Waals surface area contributed by atoms with E-state index in [1.807, 2.05) is 66.9 Å². The Morgan fingerprint density at radius 3 is 2.48 bits per heavy atom. The van der Waals surface area contributed by atoms with Crippen molar-refractivity contribution in [3.05, 3.63) is 88.0 Å². The number of aryl methyl sites for hydroxylation is 1. The van der Waals surface area contributed by atoms with Gasteiger partial charge in [-0.25, -0.2) is 4.98 Å². The third kappa shape index (κ3) is 4.89. The lowest BCUT2D eigenvalue weighted by Crippen LogP contribution is -2.32. The summed E-state index contributed by atoms with van der Waals surface area (Å²) in [5, 5.41) is 2.47. The molecule has 0 bridgehead atoms. The molecule has 0 aliphatic rings. The van der Waals surface area contributed by atoms with Gasteiger partial charge in [-0.05, 0) is 42.5 Å². The molecule has 1 amide bonds. The molecule has 5 nitrogen and oxygen atoms in total. The molecular formula is C24H23N3O2S2. The van der Waals surface area contributed by atoms with Gasteiger partial charge in [-0.3, -0.25) is 14.2 Å². The highest BCUT2D eigenvalue weighted by Crippen LogP contribution is 2.23. The maximum Gasteiger partial charge on any atom is 0.272 e. The van der Waals surface area contributed by atoms with Crippen molar-refractivity contribution in [2.75, 3.05) is 17.2 Å². The zero-order chi connectivity index (χ0) is 21.6. The number of anilines is 1. The van der Waals surface area contributed by atoms with Crippen LogP contribution >= 0.6 is 23.1 Å². The van der Waals surface area contributed by atoms with Gasteiger partial charge in [-0.2, -0.15) is 0 Å². The third-order valence-electron chi connectivity index (χ3n) is 5.01. The minimum Gasteiger partial charge on any atom is -0.312 e. The Bertz CT molecular complexity index is 1220. The molecule has 0 atom stereocenters. The van der Waals surface area contributed by atoms with E-state index in [9.17, 15) is 9.59 Å². The van der Waals surface area contributed by atoms with E-state index >= 15 is 0 Å². The SMILES string of the molecule is CCN(C(=O)CSc1nc2ccsc2c(=O)n1CCc1ccccc1)c1ccccc1. The molecule has 2 aromatic carbocycles. The largest absolute Gasteiger partial charge is 0.312 e. The number of hydrogen-bond donors (Lipinski definition) is 0. The van der Waals surface area contributed by atoms with Crippen LogP contribution in [0.1, 0.15) is 12.5 Å². The Kier molecular flexibility index (Phi) is 6.84. The topological polar surface area (TPSA) is 55.2 Å². The summed E-state index contributed by atoms with van der Waals surface area (Å²) in [5.41, 5.74) is 2.69. The van der Waals surface area contributed by atoms with E-state index in [0.29, 0.717) is 28.5 Å². The van der Waals surface area contributed by atoms with Crippen LogP contribution in [0.3, 0.4) is 0 Å². The van der Waals surface area contributed by atoms with Crippen LogP contribution in [0.4, 0.5) is 5.69 Å². The number of carbonyl (C=O) groups excluding carboxylic acids is 1. The van der Waals surface area contributed by atoms with Gasteiger partial charge < -0.3 is 4.90 Å². The summed E-state index contributed by atoms with van der Waals surface area (Å²) in [7, 11) is 0. The summed E-state index contributed by atoms with van der Waals surface area (Å²) in [6.45, 7) is 3.07. The summed E-state index contributed by atoms with van der Waals surface area (Å²) < 4.78 is 2.37. The van der Waals surface area contributed by atoms with Crippen molar-refractivity contribution in [2.45, 2.75) is 25.0 Å². The van der Waals surface area contributed by atoms with Crippen LogP contribution in [-0.2, 0) is 17.8 Å². The fourth-order valence-electron chi connectivity index (χ4n) is 3.43. The molecule has 0 aliphatic carbocycles. The number of para-hydroxylation sites is 1. The number of thioether (sulfide) groups is 1. The maximum absolute atomic E-state index is 13.1. The van der Waals surface area contributed by atoms with Crippen LogP contribution in [0.15, 0.2) is 82.1 Å². The highest BCUT2D eigenvalue weighted by Gasteiger charge is 2.18. The lowest BCUT2D eigenvalue weighted by molar-refractivity contribution is -0.116. The standard InChI is InChI=1S/C24H23N3O2S2/c1-2-26(19-11-7-4-8-12-19)21(28)17-31-24-25-20-14-16-30-22(20)23(29)27(24)15-13-18-9-5-3-6-10-18/h3-12,14,16H,2,13,15,17H2,1H3. The summed E-state index contributed by atoms with van der Waals surface area (Å²) in [5.74, 6) is 0.212. The Labute approximate surface area is 189 Å². The highest BCUT2D eigenvalue weighted by molar-refractivity contribution is 7.99. The van der Waals surface area contributed by atoms with Gasteiger partial charge in [0, 0.05) is 18.8 Å². The van der Waals surface area contributed by atoms with Crippen LogP contribution in [0, 0.1) is 0 Å². The number of fused-ring (bicyclic) bond motifs is 1. The number of aromatic nitrogens is 2. The number of carbonyl (C=O) groups is 1. The zero-order valence-electron chi connectivity index (χ0n) is 17.2. The molecule has 0 unspecified atom stereocenters. The van der Waals surface area contributed by atoms with Gasteiger partial charge in [0.15, 0.2) is 5.16 Å². The molecule has 2 aromatic heterocycles. The van der Waals surface area contributed by atoms with Gasteiger partial charge in [0.25, 0.3) is 5.56 Å². The third-order valence-corrected chi connectivity index (χ3v) is 6.86. The van der Waals surface area contributed by atoms with E-state index in [2.05, 4.69) is 12.1 Å². The number of nitrogens with zero attached hydrogens (tertiary/aromatic N) is 3. The lowest BCUT2D eigenvalue weighted by Gasteiger charge is -2.21. The molecule has 0 spiro atoms. The molecule has 0 radical (unpaired) electrons. The van der Waals surface area contributed by atoms with Crippen molar-refractivity contribution >= 4 is 44.9 Å². The predicted octanol–water partition coefficient (Wildman–Crippen LogP) is 4.85. The predicted molar refractivity (Wildman–Crippen MR) is 129 cm³/mol.